The van der Waals surface area contributed by atoms with Gasteiger partial charge in [0, 0.05) is 28.8 Å². The van der Waals surface area contributed by atoms with Crippen molar-refractivity contribution < 1.29 is 0 Å². The number of benzene rings is 1. The van der Waals surface area contributed by atoms with Crippen LogP contribution in [-0.4, -0.2) is 9.97 Å². The highest BCUT2D eigenvalue weighted by Gasteiger charge is 2.04. The Morgan fingerprint density at radius 1 is 1.17 bits per heavy atom. The van der Waals surface area contributed by atoms with E-state index in [0.29, 0.717) is 12.2 Å². The van der Waals surface area contributed by atoms with E-state index in [0.717, 1.165) is 21.6 Å². The lowest BCUT2D eigenvalue weighted by atomic mass is 10.1. The van der Waals surface area contributed by atoms with Crippen LogP contribution >= 0.6 is 11.3 Å². The Morgan fingerprint density at radius 3 is 2.94 bits per heavy atom. The fourth-order valence-electron chi connectivity index (χ4n) is 1.86. The van der Waals surface area contributed by atoms with Gasteiger partial charge in [-0.25, -0.2) is 4.98 Å². The third kappa shape index (κ3) is 2.00. The van der Waals surface area contributed by atoms with Crippen LogP contribution in [0.4, 0.5) is 11.4 Å². The molecule has 0 bridgehead atoms. The first-order chi connectivity index (χ1) is 8.84. The number of nitrogens with one attached hydrogen (secondary N) is 1. The summed E-state index contributed by atoms with van der Waals surface area (Å²) in [6.45, 7) is 0.714. The summed E-state index contributed by atoms with van der Waals surface area (Å²) in [5.74, 6) is 0. The van der Waals surface area contributed by atoms with Gasteiger partial charge in [-0.1, -0.05) is 0 Å². The minimum Gasteiger partial charge on any atom is -0.397 e. The van der Waals surface area contributed by atoms with Crippen molar-refractivity contribution in [2.75, 3.05) is 11.1 Å². The molecule has 0 radical (unpaired) electrons. The van der Waals surface area contributed by atoms with Crippen LogP contribution in [0.25, 0.3) is 10.9 Å². The second-order valence-corrected chi connectivity index (χ2v) is 4.86. The van der Waals surface area contributed by atoms with Gasteiger partial charge < -0.3 is 11.1 Å². The Labute approximate surface area is 109 Å². The second-order valence-electron chi connectivity index (χ2n) is 3.88. The number of anilines is 2. The van der Waals surface area contributed by atoms with Crippen molar-refractivity contribution in [2.45, 2.75) is 6.54 Å². The van der Waals surface area contributed by atoms with Crippen molar-refractivity contribution in [2.24, 2.45) is 0 Å². The molecule has 0 unspecified atom stereocenters. The molecule has 0 fully saturated rings. The number of nitrogens with zero attached hydrogens (tertiary/aromatic N) is 2. The maximum Gasteiger partial charge on any atom is 0.112 e. The lowest BCUT2D eigenvalue weighted by molar-refractivity contribution is 1.11. The summed E-state index contributed by atoms with van der Waals surface area (Å²) in [4.78, 5) is 8.55. The van der Waals surface area contributed by atoms with Crippen molar-refractivity contribution in [1.82, 2.24) is 9.97 Å². The normalized spacial score (nSPS) is 10.7. The Balaban J connectivity index is 1.94. The van der Waals surface area contributed by atoms with E-state index in [1.165, 1.54) is 0 Å². The average molecular weight is 256 g/mol. The molecule has 0 aliphatic rings. The van der Waals surface area contributed by atoms with Crippen molar-refractivity contribution in [3.05, 3.63) is 47.0 Å². The van der Waals surface area contributed by atoms with E-state index in [4.69, 9.17) is 5.73 Å². The summed E-state index contributed by atoms with van der Waals surface area (Å²) in [6, 6.07) is 7.78. The lowest BCUT2D eigenvalue weighted by Gasteiger charge is -2.09. The number of aromatic nitrogens is 2. The molecule has 4 nitrogen and oxygen atoms in total. The zero-order chi connectivity index (χ0) is 12.4. The van der Waals surface area contributed by atoms with Gasteiger partial charge in [-0.3, -0.25) is 4.98 Å². The van der Waals surface area contributed by atoms with Crippen LogP contribution in [0.1, 0.15) is 5.01 Å². The largest absolute Gasteiger partial charge is 0.397 e. The van der Waals surface area contributed by atoms with E-state index < -0.39 is 0 Å². The first kappa shape index (κ1) is 11.0. The molecule has 0 amide bonds. The van der Waals surface area contributed by atoms with Crippen LogP contribution in [0.3, 0.4) is 0 Å². The third-order valence-electron chi connectivity index (χ3n) is 2.71. The van der Waals surface area contributed by atoms with E-state index in [1.807, 2.05) is 35.8 Å². The van der Waals surface area contributed by atoms with Crippen LogP contribution in [0, 0.1) is 0 Å². The molecule has 1 aromatic carbocycles. The molecule has 3 aromatic rings. The topological polar surface area (TPSA) is 63.8 Å². The zero-order valence-corrected chi connectivity index (χ0v) is 10.4. The van der Waals surface area contributed by atoms with Gasteiger partial charge in [0.1, 0.15) is 5.01 Å². The van der Waals surface area contributed by atoms with Gasteiger partial charge in [-0.2, -0.15) is 0 Å². The number of thiazole rings is 1. The molecule has 2 heterocycles. The summed E-state index contributed by atoms with van der Waals surface area (Å²) in [5.41, 5.74) is 8.48. The molecule has 0 spiro atoms. The Morgan fingerprint density at radius 2 is 2.11 bits per heavy atom. The molecule has 2 aromatic heterocycles. The van der Waals surface area contributed by atoms with Gasteiger partial charge >= 0.3 is 0 Å². The predicted molar refractivity (Wildman–Crippen MR) is 75.6 cm³/mol. The molecule has 0 saturated carbocycles. The standard InChI is InChI=1S/C13H12N4S/c14-10-3-4-11(9-2-1-5-16-13(9)10)17-8-12-15-6-7-18-12/h1-7,17H,8,14H2. The molecular weight excluding hydrogens is 244 g/mol. The molecule has 5 heteroatoms. The molecule has 90 valence electrons. The van der Waals surface area contributed by atoms with E-state index >= 15 is 0 Å². The monoisotopic (exact) mass is 256 g/mol. The van der Waals surface area contributed by atoms with Crippen molar-refractivity contribution in [3.8, 4) is 0 Å². The van der Waals surface area contributed by atoms with Gasteiger partial charge in [-0.15, -0.1) is 11.3 Å². The molecule has 0 aliphatic carbocycles. The van der Waals surface area contributed by atoms with Crippen LogP contribution < -0.4 is 11.1 Å². The first-order valence-electron chi connectivity index (χ1n) is 5.60. The fraction of sp³-hybridized carbons (Fsp3) is 0.0769. The van der Waals surface area contributed by atoms with Crippen LogP contribution in [0.15, 0.2) is 42.0 Å². The highest BCUT2D eigenvalue weighted by Crippen LogP contribution is 2.26. The number of pyridine rings is 1. The quantitative estimate of drug-likeness (QED) is 0.707. The van der Waals surface area contributed by atoms with Gasteiger partial charge in [0.05, 0.1) is 17.7 Å². The molecule has 0 saturated heterocycles. The first-order valence-corrected chi connectivity index (χ1v) is 6.48. The minimum atomic E-state index is 0.699. The van der Waals surface area contributed by atoms with Crippen molar-refractivity contribution >= 4 is 33.6 Å². The van der Waals surface area contributed by atoms with E-state index in [-0.39, 0.29) is 0 Å². The summed E-state index contributed by atoms with van der Waals surface area (Å²) >= 11 is 1.64. The van der Waals surface area contributed by atoms with E-state index in [2.05, 4.69) is 15.3 Å². The smallest absolute Gasteiger partial charge is 0.112 e. The highest BCUT2D eigenvalue weighted by molar-refractivity contribution is 7.09. The maximum atomic E-state index is 5.92. The van der Waals surface area contributed by atoms with Gasteiger partial charge in [0.2, 0.25) is 0 Å². The number of hydrogen-bond acceptors (Lipinski definition) is 5. The van der Waals surface area contributed by atoms with Crippen LogP contribution in [-0.2, 0) is 6.54 Å². The summed E-state index contributed by atoms with van der Waals surface area (Å²) in [6.07, 6.45) is 3.56. The Kier molecular flexibility index (Phi) is 2.82. The SMILES string of the molecule is Nc1ccc(NCc2nccs2)c2cccnc12. The van der Waals surface area contributed by atoms with Crippen LogP contribution in [0.2, 0.25) is 0 Å². The molecule has 0 aliphatic heterocycles. The maximum absolute atomic E-state index is 5.92. The lowest BCUT2D eigenvalue weighted by Crippen LogP contribution is -2.00. The number of hydrogen-bond donors (Lipinski definition) is 2. The molecular formula is C13H12N4S. The third-order valence-corrected chi connectivity index (χ3v) is 3.49. The second kappa shape index (κ2) is 4.62. The van der Waals surface area contributed by atoms with E-state index in [9.17, 15) is 0 Å². The Bertz CT molecular complexity index is 664. The average Bonchev–Trinajstić information content (AvgIpc) is 2.92. The number of nitrogens with two attached hydrogens (primary N) is 1. The Hall–Kier alpha value is -2.14. The molecule has 18 heavy (non-hydrogen) atoms. The fourth-order valence-corrected chi connectivity index (χ4v) is 2.42. The predicted octanol–water partition coefficient (Wildman–Crippen LogP) is 2.89. The highest BCUT2D eigenvalue weighted by atomic mass is 32.1. The van der Waals surface area contributed by atoms with Crippen LogP contribution in [0.5, 0.6) is 0 Å². The van der Waals surface area contributed by atoms with E-state index in [1.54, 1.807) is 17.5 Å². The molecule has 0 atom stereocenters. The summed E-state index contributed by atoms with van der Waals surface area (Å²) < 4.78 is 0. The minimum absolute atomic E-state index is 0.699. The number of rotatable bonds is 3. The summed E-state index contributed by atoms with van der Waals surface area (Å²) in [7, 11) is 0. The van der Waals surface area contributed by atoms with Crippen molar-refractivity contribution in [1.29, 1.82) is 0 Å². The van der Waals surface area contributed by atoms with Gasteiger partial charge in [0.25, 0.3) is 0 Å². The van der Waals surface area contributed by atoms with Gasteiger partial charge in [-0.05, 0) is 24.3 Å². The molecule has 3 N–H and O–H groups in total. The zero-order valence-electron chi connectivity index (χ0n) is 9.63. The van der Waals surface area contributed by atoms with Gasteiger partial charge in [0.15, 0.2) is 0 Å². The molecule has 3 rings (SSSR count). The number of nitrogen functional groups attached to an aromatic ring is 1. The van der Waals surface area contributed by atoms with Crippen molar-refractivity contribution in [3.63, 3.8) is 0 Å². The number of fused-ring (bicyclic) bond motifs is 1. The summed E-state index contributed by atoms with van der Waals surface area (Å²) in [5, 5.41) is 7.44.